The molecule has 1 aliphatic rings. The minimum atomic E-state index is -0.493. The van der Waals surface area contributed by atoms with Gasteiger partial charge in [0, 0.05) is 28.3 Å². The van der Waals surface area contributed by atoms with Crippen LogP contribution in [0.2, 0.25) is 5.02 Å². The second-order valence-electron chi connectivity index (χ2n) is 6.26. The molecule has 29 heavy (non-hydrogen) atoms. The molecular weight excluding hydrogens is 419 g/mol. The van der Waals surface area contributed by atoms with Crippen molar-refractivity contribution in [3.8, 4) is 5.75 Å². The SMILES string of the molecule is CCOC(=O)c1sc2cccc(F)c2c1CNc1cc2c(cc1Cl)NC(=O)CO2. The average Bonchev–Trinajstić information content (AvgIpc) is 3.06. The van der Waals surface area contributed by atoms with Crippen molar-refractivity contribution in [2.45, 2.75) is 13.5 Å². The minimum Gasteiger partial charge on any atom is -0.482 e. The van der Waals surface area contributed by atoms with Gasteiger partial charge in [0.2, 0.25) is 0 Å². The summed E-state index contributed by atoms with van der Waals surface area (Å²) in [4.78, 5) is 24.2. The van der Waals surface area contributed by atoms with Crippen LogP contribution in [0.5, 0.6) is 5.75 Å². The average molecular weight is 435 g/mol. The van der Waals surface area contributed by atoms with Gasteiger partial charge in [0.05, 0.1) is 23.0 Å². The van der Waals surface area contributed by atoms with Crippen LogP contribution in [0.1, 0.15) is 22.2 Å². The number of hydrogen-bond acceptors (Lipinski definition) is 6. The van der Waals surface area contributed by atoms with E-state index < -0.39 is 11.8 Å². The molecule has 0 unspecified atom stereocenters. The number of carbonyl (C=O) groups is 2. The molecule has 2 N–H and O–H groups in total. The first-order valence-electron chi connectivity index (χ1n) is 8.85. The number of ether oxygens (including phenoxy) is 2. The molecule has 6 nitrogen and oxygen atoms in total. The van der Waals surface area contributed by atoms with Crippen molar-refractivity contribution in [1.82, 2.24) is 0 Å². The second kappa shape index (κ2) is 7.88. The van der Waals surface area contributed by atoms with Gasteiger partial charge >= 0.3 is 5.97 Å². The summed E-state index contributed by atoms with van der Waals surface area (Å²) in [5.41, 5.74) is 1.52. The molecule has 0 radical (unpaired) electrons. The van der Waals surface area contributed by atoms with Crippen LogP contribution in [0.3, 0.4) is 0 Å². The van der Waals surface area contributed by atoms with Gasteiger partial charge in [-0.05, 0) is 25.1 Å². The Balaban J connectivity index is 1.69. The summed E-state index contributed by atoms with van der Waals surface area (Å²) in [6, 6.07) is 7.96. The van der Waals surface area contributed by atoms with Gasteiger partial charge in [0.15, 0.2) is 6.61 Å². The van der Waals surface area contributed by atoms with Gasteiger partial charge in [0.1, 0.15) is 16.4 Å². The number of rotatable bonds is 5. The zero-order valence-electron chi connectivity index (χ0n) is 15.3. The van der Waals surface area contributed by atoms with Crippen molar-refractivity contribution >= 4 is 56.3 Å². The van der Waals surface area contributed by atoms with Gasteiger partial charge in [-0.3, -0.25) is 4.79 Å². The lowest BCUT2D eigenvalue weighted by Gasteiger charge is -2.20. The summed E-state index contributed by atoms with van der Waals surface area (Å²) in [5, 5.41) is 6.56. The highest BCUT2D eigenvalue weighted by Gasteiger charge is 2.23. The topological polar surface area (TPSA) is 76.7 Å². The van der Waals surface area contributed by atoms with Crippen LogP contribution in [0.15, 0.2) is 30.3 Å². The maximum absolute atomic E-state index is 14.5. The van der Waals surface area contributed by atoms with Crippen LogP contribution in [-0.4, -0.2) is 25.1 Å². The number of thiophene rings is 1. The van der Waals surface area contributed by atoms with Crippen LogP contribution in [0.4, 0.5) is 15.8 Å². The fourth-order valence-electron chi connectivity index (χ4n) is 3.12. The highest BCUT2D eigenvalue weighted by Crippen LogP contribution is 2.38. The van der Waals surface area contributed by atoms with Crippen molar-refractivity contribution < 1.29 is 23.5 Å². The van der Waals surface area contributed by atoms with Gasteiger partial charge in [-0.15, -0.1) is 11.3 Å². The molecule has 0 aliphatic carbocycles. The summed E-state index contributed by atoms with van der Waals surface area (Å²) in [5.74, 6) is -0.682. The van der Waals surface area contributed by atoms with Crippen LogP contribution >= 0.6 is 22.9 Å². The van der Waals surface area contributed by atoms with E-state index in [2.05, 4.69) is 10.6 Å². The molecule has 0 saturated carbocycles. The standard InChI is InChI=1S/C20H16ClFN2O4S/c1-2-27-20(26)19-10(18-12(22)4-3-5-16(18)29-19)8-23-13-7-15-14(6-11(13)21)24-17(25)9-28-15/h3-7,23H,2,8-9H2,1H3,(H,24,25). The monoisotopic (exact) mass is 434 g/mol. The normalized spacial score (nSPS) is 12.9. The van der Waals surface area contributed by atoms with Gasteiger partial charge in [0.25, 0.3) is 5.91 Å². The number of anilines is 2. The molecule has 0 saturated heterocycles. The maximum Gasteiger partial charge on any atom is 0.348 e. The van der Waals surface area contributed by atoms with E-state index in [1.165, 1.54) is 17.4 Å². The molecule has 9 heteroatoms. The lowest BCUT2D eigenvalue weighted by molar-refractivity contribution is -0.118. The first-order valence-corrected chi connectivity index (χ1v) is 10.0. The van der Waals surface area contributed by atoms with E-state index in [4.69, 9.17) is 21.1 Å². The van der Waals surface area contributed by atoms with Crippen LogP contribution in [-0.2, 0) is 16.1 Å². The molecular formula is C20H16ClFN2O4S. The number of benzene rings is 2. The van der Waals surface area contributed by atoms with E-state index in [0.29, 0.717) is 42.7 Å². The predicted octanol–water partition coefficient (Wildman–Crippen LogP) is 4.81. The minimum absolute atomic E-state index is 0.0819. The van der Waals surface area contributed by atoms with Crippen molar-refractivity contribution in [1.29, 1.82) is 0 Å². The Labute approximate surface area is 174 Å². The third kappa shape index (κ3) is 3.73. The van der Waals surface area contributed by atoms with Gasteiger partial charge < -0.3 is 20.1 Å². The highest BCUT2D eigenvalue weighted by atomic mass is 35.5. The van der Waals surface area contributed by atoms with Crippen molar-refractivity contribution in [3.05, 3.63) is 51.6 Å². The number of amides is 1. The second-order valence-corrected chi connectivity index (χ2v) is 7.72. The largest absolute Gasteiger partial charge is 0.482 e. The lowest BCUT2D eigenvalue weighted by atomic mass is 10.1. The van der Waals surface area contributed by atoms with E-state index in [1.807, 2.05) is 0 Å². The molecule has 2 aromatic carbocycles. The molecule has 1 aliphatic heterocycles. The Kier molecular flexibility index (Phi) is 5.29. The quantitative estimate of drug-likeness (QED) is 0.563. The molecule has 150 valence electrons. The van der Waals surface area contributed by atoms with Crippen LogP contribution in [0.25, 0.3) is 10.1 Å². The third-order valence-corrected chi connectivity index (χ3v) is 5.87. The number of esters is 1. The molecule has 2 heterocycles. The maximum atomic E-state index is 14.5. The Hall–Kier alpha value is -2.84. The Morgan fingerprint density at radius 1 is 1.41 bits per heavy atom. The smallest absolute Gasteiger partial charge is 0.348 e. The molecule has 0 atom stereocenters. The summed E-state index contributed by atoms with van der Waals surface area (Å²) in [6.07, 6.45) is 0. The first kappa shape index (κ1) is 19.5. The van der Waals surface area contributed by atoms with E-state index in [1.54, 1.807) is 31.2 Å². The van der Waals surface area contributed by atoms with E-state index in [0.717, 1.165) is 0 Å². The van der Waals surface area contributed by atoms with Crippen molar-refractivity contribution in [2.24, 2.45) is 0 Å². The number of halogens is 2. The summed E-state index contributed by atoms with van der Waals surface area (Å²) >= 11 is 7.51. The Morgan fingerprint density at radius 2 is 2.24 bits per heavy atom. The molecule has 1 aromatic heterocycles. The molecule has 3 aromatic rings. The molecule has 4 rings (SSSR count). The fourth-order valence-corrected chi connectivity index (χ4v) is 4.48. The zero-order chi connectivity index (χ0) is 20.5. The fraction of sp³-hybridized carbons (Fsp3) is 0.200. The van der Waals surface area contributed by atoms with Gasteiger partial charge in [-0.1, -0.05) is 17.7 Å². The van der Waals surface area contributed by atoms with Gasteiger partial charge in [-0.25, -0.2) is 9.18 Å². The van der Waals surface area contributed by atoms with Crippen molar-refractivity contribution in [3.63, 3.8) is 0 Å². The summed E-state index contributed by atoms with van der Waals surface area (Å²) < 4.78 is 25.7. The molecule has 1 amide bonds. The van der Waals surface area contributed by atoms with E-state index in [9.17, 15) is 14.0 Å². The number of fused-ring (bicyclic) bond motifs is 2. The van der Waals surface area contributed by atoms with Crippen LogP contribution < -0.4 is 15.4 Å². The lowest BCUT2D eigenvalue weighted by Crippen LogP contribution is -2.25. The summed E-state index contributed by atoms with van der Waals surface area (Å²) in [7, 11) is 0. The van der Waals surface area contributed by atoms with Crippen molar-refractivity contribution in [2.75, 3.05) is 23.8 Å². The van der Waals surface area contributed by atoms with Gasteiger partial charge in [-0.2, -0.15) is 0 Å². The zero-order valence-corrected chi connectivity index (χ0v) is 16.9. The summed E-state index contributed by atoms with van der Waals surface area (Å²) in [6.45, 7) is 2.01. The Bertz CT molecular complexity index is 1130. The molecule has 0 bridgehead atoms. The predicted molar refractivity (Wildman–Crippen MR) is 111 cm³/mol. The molecule has 0 spiro atoms. The van der Waals surface area contributed by atoms with E-state index >= 15 is 0 Å². The number of carbonyl (C=O) groups excluding carboxylic acids is 2. The number of nitrogens with one attached hydrogen (secondary N) is 2. The molecule has 0 fully saturated rings. The first-order chi connectivity index (χ1) is 14.0. The van der Waals surface area contributed by atoms with Crippen LogP contribution in [0, 0.1) is 5.82 Å². The van der Waals surface area contributed by atoms with E-state index in [-0.39, 0.29) is 25.7 Å². The number of hydrogen-bond donors (Lipinski definition) is 2. The highest BCUT2D eigenvalue weighted by molar-refractivity contribution is 7.21. The third-order valence-electron chi connectivity index (χ3n) is 4.38. The Morgan fingerprint density at radius 3 is 3.03 bits per heavy atom.